The summed E-state index contributed by atoms with van der Waals surface area (Å²) in [5, 5.41) is 0. The number of para-hydroxylation sites is 1. The van der Waals surface area contributed by atoms with Crippen molar-refractivity contribution < 1.29 is 23.8 Å². The lowest BCUT2D eigenvalue weighted by atomic mass is 9.77. The first-order chi connectivity index (χ1) is 15.1. The van der Waals surface area contributed by atoms with Gasteiger partial charge in [0, 0.05) is 41.7 Å². The van der Waals surface area contributed by atoms with Gasteiger partial charge in [-0.1, -0.05) is 18.2 Å². The van der Waals surface area contributed by atoms with Gasteiger partial charge in [0.05, 0.1) is 26.5 Å². The standard InChI is InChI=1S/C25H27NO5/c1-4-31-22-11-6-5-8-17(22)18-15-24(28)26(20-9-7-10-21(27)25(18)20)19-13-12-16(29-2)14-23(19)30-3/h5-6,8,11-14,18H,4,7,9-10,15H2,1-3H3. The van der Waals surface area contributed by atoms with Gasteiger partial charge in [-0.05, 0) is 38.0 Å². The number of benzene rings is 2. The molecule has 1 aliphatic carbocycles. The molecule has 0 spiro atoms. The molecule has 0 saturated heterocycles. The minimum atomic E-state index is -0.307. The van der Waals surface area contributed by atoms with E-state index in [1.807, 2.05) is 37.3 Å². The highest BCUT2D eigenvalue weighted by molar-refractivity contribution is 6.08. The van der Waals surface area contributed by atoms with Crippen molar-refractivity contribution in [3.8, 4) is 17.2 Å². The third-order valence-electron chi connectivity index (χ3n) is 5.90. The number of allylic oxidation sites excluding steroid dienone is 2. The largest absolute Gasteiger partial charge is 0.497 e. The monoisotopic (exact) mass is 421 g/mol. The fourth-order valence-corrected chi connectivity index (χ4v) is 4.56. The number of hydrogen-bond acceptors (Lipinski definition) is 5. The molecule has 31 heavy (non-hydrogen) atoms. The smallest absolute Gasteiger partial charge is 0.232 e. The Morgan fingerprint density at radius 2 is 1.81 bits per heavy atom. The molecule has 162 valence electrons. The average Bonchev–Trinajstić information content (AvgIpc) is 2.79. The van der Waals surface area contributed by atoms with Crippen LogP contribution in [0.5, 0.6) is 17.2 Å². The number of amides is 1. The van der Waals surface area contributed by atoms with Crippen LogP contribution in [0.25, 0.3) is 0 Å². The van der Waals surface area contributed by atoms with Crippen LogP contribution in [-0.4, -0.2) is 32.5 Å². The Balaban J connectivity index is 1.87. The van der Waals surface area contributed by atoms with Crippen molar-refractivity contribution in [2.75, 3.05) is 25.7 Å². The van der Waals surface area contributed by atoms with Crippen molar-refractivity contribution in [2.45, 2.75) is 38.5 Å². The number of carbonyl (C=O) groups excluding carboxylic acids is 2. The second-order valence-corrected chi connectivity index (χ2v) is 7.63. The van der Waals surface area contributed by atoms with E-state index < -0.39 is 0 Å². The number of ether oxygens (including phenoxy) is 3. The molecular formula is C25H27NO5. The van der Waals surface area contributed by atoms with Crippen LogP contribution in [0.2, 0.25) is 0 Å². The zero-order valence-electron chi connectivity index (χ0n) is 18.1. The van der Waals surface area contributed by atoms with Gasteiger partial charge < -0.3 is 14.2 Å². The lowest BCUT2D eigenvalue weighted by Crippen LogP contribution is -2.40. The molecule has 1 heterocycles. The Morgan fingerprint density at radius 1 is 1.00 bits per heavy atom. The first-order valence-corrected chi connectivity index (χ1v) is 10.6. The first kappa shape index (κ1) is 21.0. The van der Waals surface area contributed by atoms with Gasteiger partial charge in [0.15, 0.2) is 5.78 Å². The topological polar surface area (TPSA) is 65.1 Å². The van der Waals surface area contributed by atoms with E-state index in [0.29, 0.717) is 36.6 Å². The lowest BCUT2D eigenvalue weighted by Gasteiger charge is -2.39. The summed E-state index contributed by atoms with van der Waals surface area (Å²) in [6.07, 6.45) is 2.08. The summed E-state index contributed by atoms with van der Waals surface area (Å²) in [5.41, 5.74) is 3.01. The van der Waals surface area contributed by atoms with E-state index in [1.54, 1.807) is 31.3 Å². The van der Waals surface area contributed by atoms with E-state index in [-0.39, 0.29) is 24.0 Å². The fourth-order valence-electron chi connectivity index (χ4n) is 4.56. The van der Waals surface area contributed by atoms with E-state index in [1.165, 1.54) is 0 Å². The Kier molecular flexibility index (Phi) is 5.98. The second kappa shape index (κ2) is 8.84. The Bertz CT molecular complexity index is 1040. The van der Waals surface area contributed by atoms with Crippen LogP contribution in [0.4, 0.5) is 5.69 Å². The van der Waals surface area contributed by atoms with Crippen LogP contribution in [-0.2, 0) is 9.59 Å². The summed E-state index contributed by atoms with van der Waals surface area (Å²) in [6.45, 7) is 2.45. The maximum absolute atomic E-state index is 13.5. The maximum Gasteiger partial charge on any atom is 0.232 e. The van der Waals surface area contributed by atoms with Crippen molar-refractivity contribution in [3.05, 3.63) is 59.3 Å². The molecule has 1 aliphatic heterocycles. The Hall–Kier alpha value is -3.28. The van der Waals surface area contributed by atoms with E-state index in [0.717, 1.165) is 29.0 Å². The molecule has 1 unspecified atom stereocenters. The van der Waals surface area contributed by atoms with Crippen molar-refractivity contribution in [1.82, 2.24) is 0 Å². The molecule has 0 N–H and O–H groups in total. The third-order valence-corrected chi connectivity index (χ3v) is 5.90. The van der Waals surface area contributed by atoms with E-state index in [2.05, 4.69) is 0 Å². The lowest BCUT2D eigenvalue weighted by molar-refractivity contribution is -0.120. The van der Waals surface area contributed by atoms with Gasteiger partial charge >= 0.3 is 0 Å². The normalized spacial score (nSPS) is 18.7. The average molecular weight is 421 g/mol. The predicted molar refractivity (Wildman–Crippen MR) is 118 cm³/mol. The molecule has 0 bridgehead atoms. The number of hydrogen-bond donors (Lipinski definition) is 0. The second-order valence-electron chi connectivity index (χ2n) is 7.63. The number of methoxy groups -OCH3 is 2. The van der Waals surface area contributed by atoms with Crippen molar-refractivity contribution >= 4 is 17.4 Å². The van der Waals surface area contributed by atoms with Crippen LogP contribution in [0.15, 0.2) is 53.7 Å². The van der Waals surface area contributed by atoms with Crippen LogP contribution in [0.3, 0.4) is 0 Å². The SMILES string of the molecule is CCOc1ccccc1C1CC(=O)N(c2ccc(OC)cc2OC)C2=C1C(=O)CCC2. The molecule has 0 aromatic heterocycles. The minimum Gasteiger partial charge on any atom is -0.497 e. The van der Waals surface area contributed by atoms with Gasteiger partial charge in [0.25, 0.3) is 0 Å². The summed E-state index contributed by atoms with van der Waals surface area (Å²) in [4.78, 5) is 28.3. The molecule has 2 aliphatic rings. The number of Topliss-reactive ketones (excluding diaryl/α,β-unsaturated/α-hetero) is 1. The molecule has 6 nitrogen and oxygen atoms in total. The maximum atomic E-state index is 13.5. The molecule has 0 fully saturated rings. The fraction of sp³-hybridized carbons (Fsp3) is 0.360. The molecule has 4 rings (SSSR count). The minimum absolute atomic E-state index is 0.0618. The number of anilines is 1. The highest BCUT2D eigenvalue weighted by atomic mass is 16.5. The molecule has 6 heteroatoms. The van der Waals surface area contributed by atoms with E-state index in [9.17, 15) is 9.59 Å². The number of ketones is 1. The van der Waals surface area contributed by atoms with Crippen molar-refractivity contribution in [1.29, 1.82) is 0 Å². The van der Waals surface area contributed by atoms with Gasteiger partial charge in [0.2, 0.25) is 5.91 Å². The number of nitrogens with zero attached hydrogens (tertiary/aromatic N) is 1. The van der Waals surface area contributed by atoms with Crippen LogP contribution >= 0.6 is 0 Å². The molecule has 0 radical (unpaired) electrons. The Morgan fingerprint density at radius 3 is 2.55 bits per heavy atom. The molecule has 1 amide bonds. The molecule has 2 aromatic carbocycles. The van der Waals surface area contributed by atoms with Crippen molar-refractivity contribution in [3.63, 3.8) is 0 Å². The van der Waals surface area contributed by atoms with Crippen LogP contribution in [0, 0.1) is 0 Å². The zero-order chi connectivity index (χ0) is 22.0. The van der Waals surface area contributed by atoms with E-state index >= 15 is 0 Å². The summed E-state index contributed by atoms with van der Waals surface area (Å²) in [6, 6.07) is 13.1. The summed E-state index contributed by atoms with van der Waals surface area (Å²) in [5.74, 6) is 1.63. The van der Waals surface area contributed by atoms with E-state index in [4.69, 9.17) is 14.2 Å². The summed E-state index contributed by atoms with van der Waals surface area (Å²) < 4.78 is 16.7. The zero-order valence-corrected chi connectivity index (χ0v) is 18.1. The quantitative estimate of drug-likeness (QED) is 0.680. The van der Waals surface area contributed by atoms with Gasteiger partial charge in [-0.3, -0.25) is 14.5 Å². The highest BCUT2D eigenvalue weighted by Gasteiger charge is 2.41. The molecule has 1 atom stereocenters. The van der Waals surface area contributed by atoms with Gasteiger partial charge in [-0.15, -0.1) is 0 Å². The predicted octanol–water partition coefficient (Wildman–Crippen LogP) is 4.63. The van der Waals surface area contributed by atoms with Gasteiger partial charge in [0.1, 0.15) is 17.2 Å². The number of rotatable bonds is 6. The third kappa shape index (κ3) is 3.78. The molecule has 2 aromatic rings. The highest BCUT2D eigenvalue weighted by Crippen LogP contribution is 2.47. The number of carbonyl (C=O) groups is 2. The van der Waals surface area contributed by atoms with Crippen LogP contribution in [0.1, 0.15) is 44.1 Å². The van der Waals surface area contributed by atoms with Crippen molar-refractivity contribution in [2.24, 2.45) is 0 Å². The molecular weight excluding hydrogens is 394 g/mol. The van der Waals surface area contributed by atoms with Crippen LogP contribution < -0.4 is 19.1 Å². The van der Waals surface area contributed by atoms with Gasteiger partial charge in [-0.2, -0.15) is 0 Å². The first-order valence-electron chi connectivity index (χ1n) is 10.6. The molecule has 0 saturated carbocycles. The summed E-state index contributed by atoms with van der Waals surface area (Å²) in [7, 11) is 3.15. The Labute approximate surface area is 182 Å². The summed E-state index contributed by atoms with van der Waals surface area (Å²) >= 11 is 0. The van der Waals surface area contributed by atoms with Gasteiger partial charge in [-0.25, -0.2) is 0 Å².